The molecule has 0 atom stereocenters. The zero-order chi connectivity index (χ0) is 9.30. The number of aromatic nitrogens is 1. The van der Waals surface area contributed by atoms with E-state index in [1.54, 1.807) is 0 Å². The van der Waals surface area contributed by atoms with Crippen molar-refractivity contribution < 1.29 is 23.2 Å². The van der Waals surface area contributed by atoms with Gasteiger partial charge in [-0.05, 0) is 0 Å². The van der Waals surface area contributed by atoms with E-state index in [1.807, 2.05) is 0 Å². The summed E-state index contributed by atoms with van der Waals surface area (Å²) in [6.45, 7) is 0. The summed E-state index contributed by atoms with van der Waals surface area (Å²) in [5.41, 5.74) is -0.936. The summed E-state index contributed by atoms with van der Waals surface area (Å²) in [6, 6.07) is 0. The monoisotopic (exact) mass is 177 g/mol. The molecule has 0 spiro atoms. The Balaban J connectivity index is 3.27. The van der Waals surface area contributed by atoms with Crippen LogP contribution in [0, 0.1) is 17.5 Å². The first kappa shape index (κ1) is 9.02. The van der Waals surface area contributed by atoms with Gasteiger partial charge in [-0.1, -0.05) is 0 Å². The van der Waals surface area contributed by atoms with Crippen LogP contribution in [0.3, 0.4) is 0 Å². The maximum absolute atomic E-state index is 12.5. The molecule has 0 amide bonds. The van der Waals surface area contributed by atoms with Gasteiger partial charge < -0.3 is 10.0 Å². The molecule has 0 aliphatic rings. The summed E-state index contributed by atoms with van der Waals surface area (Å²) in [5, 5.41) is 16.8. The Kier molecular flexibility index (Phi) is 2.34. The smallest absolute Gasteiger partial charge is 0.422 e. The second-order valence-corrected chi connectivity index (χ2v) is 1.99. The Morgan fingerprint density at radius 2 is 1.75 bits per heavy atom. The molecule has 0 aliphatic heterocycles. The van der Waals surface area contributed by atoms with E-state index in [9.17, 15) is 13.2 Å². The highest BCUT2D eigenvalue weighted by Gasteiger charge is 2.23. The summed E-state index contributed by atoms with van der Waals surface area (Å²) in [5.74, 6) is -4.94. The second-order valence-electron chi connectivity index (χ2n) is 1.99. The molecule has 0 saturated carbocycles. The van der Waals surface area contributed by atoms with Gasteiger partial charge in [0, 0.05) is 0 Å². The van der Waals surface area contributed by atoms with Crippen molar-refractivity contribution >= 4 is 12.7 Å². The molecule has 1 aromatic rings. The Morgan fingerprint density at radius 1 is 1.17 bits per heavy atom. The van der Waals surface area contributed by atoms with E-state index in [0.29, 0.717) is 6.20 Å². The van der Waals surface area contributed by atoms with Crippen LogP contribution in [0.4, 0.5) is 13.2 Å². The molecule has 1 aromatic heterocycles. The van der Waals surface area contributed by atoms with Crippen molar-refractivity contribution in [1.82, 2.24) is 4.98 Å². The topological polar surface area (TPSA) is 53.4 Å². The zero-order valence-electron chi connectivity index (χ0n) is 5.63. The van der Waals surface area contributed by atoms with Gasteiger partial charge in [0.1, 0.15) is 5.59 Å². The summed E-state index contributed by atoms with van der Waals surface area (Å²) in [4.78, 5) is 2.95. The van der Waals surface area contributed by atoms with E-state index >= 15 is 0 Å². The van der Waals surface area contributed by atoms with E-state index in [4.69, 9.17) is 10.0 Å². The molecule has 3 nitrogen and oxygen atoms in total. The summed E-state index contributed by atoms with van der Waals surface area (Å²) in [7, 11) is -2.25. The van der Waals surface area contributed by atoms with Gasteiger partial charge in [0.05, 0.1) is 6.20 Å². The second kappa shape index (κ2) is 3.12. The predicted molar refractivity (Wildman–Crippen MR) is 33.9 cm³/mol. The molecular weight excluding hydrogens is 174 g/mol. The lowest BCUT2D eigenvalue weighted by Crippen LogP contribution is -2.36. The fourth-order valence-electron chi connectivity index (χ4n) is 0.637. The number of hydrogen-bond donors (Lipinski definition) is 2. The average Bonchev–Trinajstić information content (AvgIpc) is 2.00. The van der Waals surface area contributed by atoms with Crippen LogP contribution in [0.5, 0.6) is 0 Å². The van der Waals surface area contributed by atoms with Crippen molar-refractivity contribution in [2.75, 3.05) is 0 Å². The molecule has 0 unspecified atom stereocenters. The van der Waals surface area contributed by atoms with Gasteiger partial charge in [-0.3, -0.25) is 4.98 Å². The van der Waals surface area contributed by atoms with Crippen LogP contribution in [-0.4, -0.2) is 22.2 Å². The third-order valence-electron chi connectivity index (χ3n) is 1.19. The average molecular weight is 177 g/mol. The summed E-state index contributed by atoms with van der Waals surface area (Å²) in [6.07, 6.45) is 0.368. The first-order chi connectivity index (χ1) is 5.54. The van der Waals surface area contributed by atoms with Gasteiger partial charge in [-0.15, -0.1) is 0 Å². The molecule has 0 radical (unpaired) electrons. The highest BCUT2D eigenvalue weighted by atomic mass is 19.2. The molecule has 0 fully saturated rings. The molecular formula is C5H3BF3NO2. The van der Waals surface area contributed by atoms with E-state index in [0.717, 1.165) is 0 Å². The van der Waals surface area contributed by atoms with Crippen LogP contribution in [0.15, 0.2) is 6.20 Å². The first-order valence-corrected chi connectivity index (χ1v) is 2.89. The zero-order valence-corrected chi connectivity index (χ0v) is 5.63. The third-order valence-corrected chi connectivity index (χ3v) is 1.19. The SMILES string of the molecule is OB(O)c1ncc(F)c(F)c1F. The van der Waals surface area contributed by atoms with Crippen molar-refractivity contribution in [2.45, 2.75) is 0 Å². The third kappa shape index (κ3) is 1.41. The fourth-order valence-corrected chi connectivity index (χ4v) is 0.637. The predicted octanol–water partition coefficient (Wildman–Crippen LogP) is -0.821. The molecule has 7 heteroatoms. The molecule has 0 saturated heterocycles. The van der Waals surface area contributed by atoms with Crippen molar-refractivity contribution in [3.8, 4) is 0 Å². The standard InChI is InChI=1S/C5H3BF3NO2/c7-2-1-10-5(6(11)12)4(9)3(2)8/h1,11-12H. The fraction of sp³-hybridized carbons (Fsp3) is 0. The summed E-state index contributed by atoms with van der Waals surface area (Å²) < 4.78 is 37.0. The number of hydrogen-bond acceptors (Lipinski definition) is 3. The Morgan fingerprint density at radius 3 is 2.25 bits per heavy atom. The molecule has 12 heavy (non-hydrogen) atoms. The van der Waals surface area contributed by atoms with Crippen molar-refractivity contribution in [3.63, 3.8) is 0 Å². The van der Waals surface area contributed by atoms with Crippen molar-refractivity contribution in [3.05, 3.63) is 23.6 Å². The van der Waals surface area contributed by atoms with E-state index in [2.05, 4.69) is 4.98 Å². The maximum atomic E-state index is 12.5. The van der Waals surface area contributed by atoms with E-state index < -0.39 is 30.2 Å². The van der Waals surface area contributed by atoms with E-state index in [-0.39, 0.29) is 0 Å². The van der Waals surface area contributed by atoms with Crippen LogP contribution in [0.25, 0.3) is 0 Å². The van der Waals surface area contributed by atoms with Gasteiger partial charge in [0.15, 0.2) is 17.5 Å². The number of nitrogens with zero attached hydrogens (tertiary/aromatic N) is 1. The van der Waals surface area contributed by atoms with E-state index in [1.165, 1.54) is 0 Å². The summed E-state index contributed by atoms with van der Waals surface area (Å²) >= 11 is 0. The number of halogens is 3. The quantitative estimate of drug-likeness (QED) is 0.551. The number of pyridine rings is 1. The molecule has 0 aromatic carbocycles. The molecule has 1 rings (SSSR count). The molecule has 2 N–H and O–H groups in total. The van der Waals surface area contributed by atoms with Crippen LogP contribution in [0.2, 0.25) is 0 Å². The molecule has 0 aliphatic carbocycles. The van der Waals surface area contributed by atoms with Crippen molar-refractivity contribution in [2.24, 2.45) is 0 Å². The highest BCUT2D eigenvalue weighted by molar-refractivity contribution is 6.57. The van der Waals surface area contributed by atoms with Crippen LogP contribution in [0.1, 0.15) is 0 Å². The Hall–Kier alpha value is -1.08. The highest BCUT2D eigenvalue weighted by Crippen LogP contribution is 2.05. The maximum Gasteiger partial charge on any atom is 0.511 e. The van der Waals surface area contributed by atoms with Gasteiger partial charge >= 0.3 is 7.12 Å². The minimum atomic E-state index is -2.25. The normalized spacial score (nSPS) is 10.1. The van der Waals surface area contributed by atoms with Crippen molar-refractivity contribution in [1.29, 1.82) is 0 Å². The molecule has 0 bridgehead atoms. The van der Waals surface area contributed by atoms with Gasteiger partial charge in [0.25, 0.3) is 0 Å². The Labute approximate surface area is 65.6 Å². The lowest BCUT2D eigenvalue weighted by Gasteiger charge is -2.00. The van der Waals surface area contributed by atoms with Gasteiger partial charge in [-0.25, -0.2) is 13.2 Å². The van der Waals surface area contributed by atoms with Gasteiger partial charge in [-0.2, -0.15) is 0 Å². The molecule has 1 heterocycles. The number of rotatable bonds is 1. The molecule has 64 valence electrons. The lowest BCUT2D eigenvalue weighted by molar-refractivity contribution is 0.410. The van der Waals surface area contributed by atoms with Crippen LogP contribution >= 0.6 is 0 Å². The Bertz CT molecular complexity index is 307. The van der Waals surface area contributed by atoms with Crippen LogP contribution in [-0.2, 0) is 0 Å². The lowest BCUT2D eigenvalue weighted by atomic mass is 9.85. The minimum absolute atomic E-state index is 0.368. The minimum Gasteiger partial charge on any atom is -0.422 e. The van der Waals surface area contributed by atoms with Gasteiger partial charge in [0.2, 0.25) is 0 Å². The van der Waals surface area contributed by atoms with Crippen LogP contribution < -0.4 is 5.59 Å². The largest absolute Gasteiger partial charge is 0.511 e. The first-order valence-electron chi connectivity index (χ1n) is 2.89.